The van der Waals surface area contributed by atoms with Crippen LogP contribution in [-0.2, 0) is 9.53 Å². The quantitative estimate of drug-likeness (QED) is 0.102. The molecular formula is C33H41N5O6. The first kappa shape index (κ1) is 32.2. The van der Waals surface area contributed by atoms with E-state index in [2.05, 4.69) is 63.8 Å². The molecule has 2 atom stereocenters. The van der Waals surface area contributed by atoms with Gasteiger partial charge < -0.3 is 34.5 Å². The van der Waals surface area contributed by atoms with Crippen LogP contribution < -0.4 is 25.5 Å². The van der Waals surface area contributed by atoms with Crippen molar-refractivity contribution in [1.82, 2.24) is 20.6 Å². The van der Waals surface area contributed by atoms with Crippen LogP contribution in [0.15, 0.2) is 64.9 Å². The van der Waals surface area contributed by atoms with Gasteiger partial charge in [-0.3, -0.25) is 5.43 Å². The maximum atomic E-state index is 12.5. The van der Waals surface area contributed by atoms with Crippen molar-refractivity contribution in [1.29, 1.82) is 0 Å². The molecule has 0 saturated heterocycles. The van der Waals surface area contributed by atoms with Gasteiger partial charge in [0.2, 0.25) is 0 Å². The van der Waals surface area contributed by atoms with Crippen LogP contribution in [0.2, 0.25) is 0 Å². The van der Waals surface area contributed by atoms with Gasteiger partial charge in [-0.1, -0.05) is 32.0 Å². The van der Waals surface area contributed by atoms with Gasteiger partial charge in [0.25, 0.3) is 0 Å². The molecular weight excluding hydrogens is 562 g/mol. The van der Waals surface area contributed by atoms with Crippen molar-refractivity contribution < 1.29 is 28.9 Å². The number of hydrazone groups is 1. The average molecular weight is 604 g/mol. The molecule has 1 aliphatic heterocycles. The molecule has 2 aromatic carbocycles. The summed E-state index contributed by atoms with van der Waals surface area (Å²) in [7, 11) is 1.28. The van der Waals surface area contributed by atoms with Crippen molar-refractivity contribution in [2.24, 2.45) is 5.10 Å². The van der Waals surface area contributed by atoms with Gasteiger partial charge in [0.1, 0.15) is 6.61 Å². The van der Waals surface area contributed by atoms with Gasteiger partial charge in [-0.25, -0.2) is 9.59 Å². The molecule has 234 valence electrons. The number of aromatic nitrogens is 1. The standard InChI is InChI=1S/C33H41N5O6/c1-8-43-28-16-24(31-30(32(40)42-7)21(5)35-33(41)36-31)11-14-27(28)44-18-29(39)37-34-17-25-15-20(4)38(22(25)6)26-12-9-23(10-13-26)19(2)3/h9-17,19,29,31,37,39H,8,18H2,1-7H3,(H2,35,36,41)/b34-17-/t29-,31-/m0/s1. The molecule has 4 rings (SSSR count). The molecule has 44 heavy (non-hydrogen) atoms. The third kappa shape index (κ3) is 7.23. The Hall–Kier alpha value is -4.77. The lowest BCUT2D eigenvalue weighted by Crippen LogP contribution is -2.45. The van der Waals surface area contributed by atoms with Crippen molar-refractivity contribution in [2.75, 3.05) is 20.3 Å². The van der Waals surface area contributed by atoms with Gasteiger partial charge in [0.15, 0.2) is 17.7 Å². The van der Waals surface area contributed by atoms with E-state index in [1.54, 1.807) is 31.3 Å². The van der Waals surface area contributed by atoms with Gasteiger partial charge in [0, 0.05) is 28.3 Å². The lowest BCUT2D eigenvalue weighted by Gasteiger charge is -2.28. The maximum absolute atomic E-state index is 12.5. The lowest BCUT2D eigenvalue weighted by molar-refractivity contribution is -0.136. The maximum Gasteiger partial charge on any atom is 0.337 e. The average Bonchev–Trinajstić information content (AvgIpc) is 3.28. The Bertz CT molecular complexity index is 1560. The van der Waals surface area contributed by atoms with Crippen molar-refractivity contribution in [3.05, 3.63) is 87.9 Å². The van der Waals surface area contributed by atoms with Crippen molar-refractivity contribution in [3.8, 4) is 17.2 Å². The fraction of sp³-hybridized carbons (Fsp3) is 0.364. The zero-order valence-electron chi connectivity index (χ0n) is 26.2. The van der Waals surface area contributed by atoms with E-state index in [0.717, 1.165) is 22.6 Å². The highest BCUT2D eigenvalue weighted by Gasteiger charge is 2.32. The van der Waals surface area contributed by atoms with E-state index < -0.39 is 24.3 Å². The SMILES string of the molecule is CCOc1cc([C@@H]2NC(=O)NC(C)=C2C(=O)OC)ccc1OC[C@H](O)N/N=C\c1cc(C)n(-c2ccc(C(C)C)cc2)c1C. The molecule has 0 radical (unpaired) electrons. The second kappa shape index (κ2) is 14.1. The van der Waals surface area contributed by atoms with E-state index in [4.69, 9.17) is 14.2 Å². The molecule has 0 aliphatic carbocycles. The fourth-order valence-electron chi connectivity index (χ4n) is 5.14. The molecule has 11 nitrogen and oxygen atoms in total. The number of nitrogens with zero attached hydrogens (tertiary/aromatic N) is 2. The highest BCUT2D eigenvalue weighted by atomic mass is 16.5. The van der Waals surface area contributed by atoms with E-state index in [0.29, 0.717) is 35.3 Å². The number of nitrogens with one attached hydrogen (secondary N) is 3. The number of benzene rings is 2. The number of aliphatic hydroxyl groups excluding tert-OH is 1. The van der Waals surface area contributed by atoms with Crippen LogP contribution in [0.1, 0.15) is 67.7 Å². The number of allylic oxidation sites excluding steroid dienone is 1. The summed E-state index contributed by atoms with van der Waals surface area (Å²) in [5.41, 5.74) is 9.39. The topological polar surface area (TPSA) is 135 Å². The van der Waals surface area contributed by atoms with Gasteiger partial charge in [-0.15, -0.1) is 0 Å². The Morgan fingerprint density at radius 2 is 1.82 bits per heavy atom. The number of aryl methyl sites for hydroxylation is 1. The second-order valence-electron chi connectivity index (χ2n) is 10.8. The summed E-state index contributed by atoms with van der Waals surface area (Å²) >= 11 is 0. The normalized spacial score (nSPS) is 15.7. The minimum Gasteiger partial charge on any atom is -0.490 e. The van der Waals surface area contributed by atoms with Crippen LogP contribution in [0.3, 0.4) is 0 Å². The van der Waals surface area contributed by atoms with Crippen LogP contribution in [0, 0.1) is 13.8 Å². The van der Waals surface area contributed by atoms with Crippen molar-refractivity contribution in [3.63, 3.8) is 0 Å². The first-order valence-electron chi connectivity index (χ1n) is 14.6. The second-order valence-corrected chi connectivity index (χ2v) is 10.8. The molecule has 0 spiro atoms. The minimum atomic E-state index is -1.10. The number of hydrogen-bond donors (Lipinski definition) is 4. The molecule has 0 unspecified atom stereocenters. The predicted molar refractivity (Wildman–Crippen MR) is 168 cm³/mol. The monoisotopic (exact) mass is 603 g/mol. The number of carbonyl (C=O) groups excluding carboxylic acids is 2. The largest absolute Gasteiger partial charge is 0.490 e. The minimum absolute atomic E-state index is 0.117. The summed E-state index contributed by atoms with van der Waals surface area (Å²) in [6.07, 6.45) is 0.569. The smallest absolute Gasteiger partial charge is 0.337 e. The van der Waals surface area contributed by atoms with Gasteiger partial charge in [0.05, 0.1) is 31.5 Å². The van der Waals surface area contributed by atoms with Crippen LogP contribution >= 0.6 is 0 Å². The molecule has 1 aromatic heterocycles. The zero-order valence-corrected chi connectivity index (χ0v) is 26.2. The zero-order chi connectivity index (χ0) is 32.0. The third-order valence-corrected chi connectivity index (χ3v) is 7.39. The number of urea groups is 1. The first-order chi connectivity index (χ1) is 21.0. The van der Waals surface area contributed by atoms with E-state index >= 15 is 0 Å². The highest BCUT2D eigenvalue weighted by Crippen LogP contribution is 2.35. The van der Waals surface area contributed by atoms with E-state index in [1.165, 1.54) is 12.7 Å². The summed E-state index contributed by atoms with van der Waals surface area (Å²) in [6.45, 7) is 12.1. The van der Waals surface area contributed by atoms with Crippen molar-refractivity contribution in [2.45, 2.75) is 59.7 Å². The molecule has 2 amide bonds. The van der Waals surface area contributed by atoms with Crippen LogP contribution in [0.25, 0.3) is 5.69 Å². The molecule has 11 heteroatoms. The molecule has 1 aliphatic rings. The summed E-state index contributed by atoms with van der Waals surface area (Å²) in [4.78, 5) is 24.6. The van der Waals surface area contributed by atoms with Crippen LogP contribution in [-0.4, -0.2) is 54.4 Å². The Kier molecular flexibility index (Phi) is 10.3. The van der Waals surface area contributed by atoms with Gasteiger partial charge in [-0.05, 0) is 75.1 Å². The molecule has 0 saturated carbocycles. The summed E-state index contributed by atoms with van der Waals surface area (Å²) < 4.78 is 18.7. The number of aliphatic hydroxyl groups is 1. The number of carbonyl (C=O) groups is 2. The third-order valence-electron chi connectivity index (χ3n) is 7.39. The Morgan fingerprint density at radius 3 is 2.48 bits per heavy atom. The number of amides is 2. The number of methoxy groups -OCH3 is 1. The molecule has 0 bridgehead atoms. The highest BCUT2D eigenvalue weighted by molar-refractivity contribution is 5.95. The Labute approximate surface area is 257 Å². The van der Waals surface area contributed by atoms with Crippen LogP contribution in [0.4, 0.5) is 4.79 Å². The van der Waals surface area contributed by atoms with E-state index in [9.17, 15) is 14.7 Å². The summed E-state index contributed by atoms with van der Waals surface area (Å²) in [5.74, 6) is 0.685. The summed E-state index contributed by atoms with van der Waals surface area (Å²) in [5, 5.41) is 20.1. The molecule has 2 heterocycles. The molecule has 3 aromatic rings. The number of hydrogen-bond acceptors (Lipinski definition) is 8. The number of ether oxygens (including phenoxy) is 3. The van der Waals surface area contributed by atoms with E-state index in [1.807, 2.05) is 26.8 Å². The van der Waals surface area contributed by atoms with Crippen molar-refractivity contribution >= 4 is 18.2 Å². The Balaban J connectivity index is 1.42. The van der Waals surface area contributed by atoms with Gasteiger partial charge in [-0.2, -0.15) is 5.10 Å². The number of esters is 1. The lowest BCUT2D eigenvalue weighted by atomic mass is 9.95. The number of rotatable bonds is 12. The van der Waals surface area contributed by atoms with Crippen LogP contribution in [0.5, 0.6) is 11.5 Å². The van der Waals surface area contributed by atoms with E-state index in [-0.39, 0.29) is 12.2 Å². The Morgan fingerprint density at radius 1 is 1.09 bits per heavy atom. The molecule has 4 N–H and O–H groups in total. The molecule has 0 fully saturated rings. The predicted octanol–water partition coefficient (Wildman–Crippen LogP) is 4.74. The summed E-state index contributed by atoms with van der Waals surface area (Å²) in [6, 6.07) is 14.5. The fourth-order valence-corrected chi connectivity index (χ4v) is 5.14. The first-order valence-corrected chi connectivity index (χ1v) is 14.6. The van der Waals surface area contributed by atoms with Gasteiger partial charge >= 0.3 is 12.0 Å².